The van der Waals surface area contributed by atoms with E-state index in [4.69, 9.17) is 0 Å². The molecule has 1 N–H and O–H groups in total. The van der Waals surface area contributed by atoms with Crippen LogP contribution in [0, 0.1) is 11.7 Å². The summed E-state index contributed by atoms with van der Waals surface area (Å²) in [6.45, 7) is 4.27. The van der Waals surface area contributed by atoms with Gasteiger partial charge in [-0.15, -0.1) is 12.4 Å². The van der Waals surface area contributed by atoms with Crippen LogP contribution in [0.4, 0.5) is 4.39 Å². The second kappa shape index (κ2) is 6.69. The van der Waals surface area contributed by atoms with Crippen molar-refractivity contribution in [1.82, 2.24) is 10.2 Å². The molecule has 1 atom stereocenters. The van der Waals surface area contributed by atoms with E-state index in [9.17, 15) is 4.39 Å². The van der Waals surface area contributed by atoms with Crippen LogP contribution in [0.25, 0.3) is 0 Å². The molecule has 1 saturated heterocycles. The smallest absolute Gasteiger partial charge is 0.123 e. The normalized spacial score (nSPS) is 22.4. The number of benzene rings is 1. The van der Waals surface area contributed by atoms with E-state index in [1.165, 1.54) is 24.8 Å². The van der Waals surface area contributed by atoms with Crippen molar-refractivity contribution in [3.63, 3.8) is 0 Å². The predicted molar refractivity (Wildman–Crippen MR) is 78.2 cm³/mol. The van der Waals surface area contributed by atoms with Gasteiger partial charge in [0.15, 0.2) is 0 Å². The van der Waals surface area contributed by atoms with Crippen LogP contribution in [-0.2, 0) is 0 Å². The molecule has 3 rings (SSSR count). The summed E-state index contributed by atoms with van der Waals surface area (Å²) < 4.78 is 13.4. The molecule has 19 heavy (non-hydrogen) atoms. The van der Waals surface area contributed by atoms with E-state index in [0.29, 0.717) is 6.04 Å². The first-order valence-corrected chi connectivity index (χ1v) is 7.05. The first-order valence-electron chi connectivity index (χ1n) is 7.05. The van der Waals surface area contributed by atoms with Gasteiger partial charge in [0, 0.05) is 32.2 Å². The highest BCUT2D eigenvalue weighted by Crippen LogP contribution is 2.41. The Balaban J connectivity index is 0.00000133. The minimum atomic E-state index is -0.105. The summed E-state index contributed by atoms with van der Waals surface area (Å²) in [6, 6.07) is 7.63. The number of halogens is 2. The number of nitrogens with zero attached hydrogens (tertiary/aromatic N) is 1. The van der Waals surface area contributed by atoms with Gasteiger partial charge in [-0.1, -0.05) is 18.6 Å². The van der Waals surface area contributed by atoms with Crippen molar-refractivity contribution in [2.45, 2.75) is 25.3 Å². The van der Waals surface area contributed by atoms with Crippen molar-refractivity contribution in [3.05, 3.63) is 35.6 Å². The van der Waals surface area contributed by atoms with Gasteiger partial charge in [-0.2, -0.15) is 0 Å². The molecule has 1 aliphatic heterocycles. The maximum atomic E-state index is 13.4. The van der Waals surface area contributed by atoms with Gasteiger partial charge in [0.2, 0.25) is 0 Å². The monoisotopic (exact) mass is 284 g/mol. The summed E-state index contributed by atoms with van der Waals surface area (Å²) in [5.41, 5.74) is 1.17. The molecule has 2 nitrogen and oxygen atoms in total. The Morgan fingerprint density at radius 1 is 1.21 bits per heavy atom. The van der Waals surface area contributed by atoms with Gasteiger partial charge < -0.3 is 5.32 Å². The second-order valence-electron chi connectivity index (χ2n) is 5.48. The van der Waals surface area contributed by atoms with E-state index in [2.05, 4.69) is 16.3 Å². The van der Waals surface area contributed by atoms with Gasteiger partial charge in [-0.25, -0.2) is 4.39 Å². The number of piperazine rings is 1. The molecule has 0 aromatic heterocycles. The van der Waals surface area contributed by atoms with E-state index in [1.807, 2.05) is 6.07 Å². The Labute approximate surface area is 120 Å². The quantitative estimate of drug-likeness (QED) is 0.918. The molecule has 1 saturated carbocycles. The Hall–Kier alpha value is -0.640. The molecule has 1 aromatic rings. The van der Waals surface area contributed by atoms with E-state index in [0.717, 1.165) is 32.1 Å². The van der Waals surface area contributed by atoms with Crippen molar-refractivity contribution < 1.29 is 4.39 Å². The van der Waals surface area contributed by atoms with Crippen LogP contribution >= 0.6 is 12.4 Å². The lowest BCUT2D eigenvalue weighted by atomic mass is 9.76. The van der Waals surface area contributed by atoms with Crippen LogP contribution in [0.1, 0.15) is 30.9 Å². The van der Waals surface area contributed by atoms with Crippen LogP contribution in [0.3, 0.4) is 0 Å². The fraction of sp³-hybridized carbons (Fsp3) is 0.600. The summed E-state index contributed by atoms with van der Waals surface area (Å²) in [5, 5.41) is 3.39. The third-order valence-corrected chi connectivity index (χ3v) is 4.33. The zero-order chi connectivity index (χ0) is 12.4. The van der Waals surface area contributed by atoms with E-state index >= 15 is 0 Å². The van der Waals surface area contributed by atoms with Crippen molar-refractivity contribution in [1.29, 1.82) is 0 Å². The first kappa shape index (κ1) is 14.8. The maximum absolute atomic E-state index is 13.4. The van der Waals surface area contributed by atoms with Gasteiger partial charge in [0.05, 0.1) is 0 Å². The molecular formula is C15H22ClFN2. The minimum Gasteiger partial charge on any atom is -0.314 e. The lowest BCUT2D eigenvalue weighted by molar-refractivity contribution is 0.0835. The molecule has 0 spiro atoms. The molecule has 2 fully saturated rings. The van der Waals surface area contributed by atoms with Gasteiger partial charge in [0.1, 0.15) is 5.82 Å². The Bertz CT molecular complexity index is 403. The Kier molecular flexibility index (Phi) is 5.20. The van der Waals surface area contributed by atoms with E-state index in [-0.39, 0.29) is 18.2 Å². The molecule has 0 amide bonds. The highest BCUT2D eigenvalue weighted by Gasteiger charge is 2.33. The molecule has 1 aliphatic carbocycles. The standard InChI is InChI=1S/C15H21FN2.ClH/c16-14-6-2-5-13(11-14)15(12-3-1-4-12)18-9-7-17-8-10-18;/h2,5-6,11-12,15,17H,1,3-4,7-10H2;1H/t15-;/m0./s1. The third kappa shape index (κ3) is 3.28. The van der Waals surface area contributed by atoms with Crippen LogP contribution in [0.2, 0.25) is 0 Å². The van der Waals surface area contributed by atoms with Crippen molar-refractivity contribution in [2.24, 2.45) is 5.92 Å². The fourth-order valence-corrected chi connectivity index (χ4v) is 3.19. The molecule has 2 aliphatic rings. The zero-order valence-corrected chi connectivity index (χ0v) is 12.0. The van der Waals surface area contributed by atoms with E-state index < -0.39 is 0 Å². The summed E-state index contributed by atoms with van der Waals surface area (Å²) >= 11 is 0. The van der Waals surface area contributed by atoms with Crippen molar-refractivity contribution >= 4 is 12.4 Å². The second-order valence-corrected chi connectivity index (χ2v) is 5.48. The van der Waals surface area contributed by atoms with Gasteiger partial charge >= 0.3 is 0 Å². The SMILES string of the molecule is Cl.Fc1cccc([C@H](C2CCC2)N2CCNCC2)c1. The van der Waals surface area contributed by atoms with Crippen molar-refractivity contribution in [2.75, 3.05) is 26.2 Å². The number of hydrogen-bond acceptors (Lipinski definition) is 2. The number of hydrogen-bond donors (Lipinski definition) is 1. The fourth-order valence-electron chi connectivity index (χ4n) is 3.19. The lowest BCUT2D eigenvalue weighted by Gasteiger charge is -2.43. The topological polar surface area (TPSA) is 15.3 Å². The molecule has 1 aromatic carbocycles. The Morgan fingerprint density at radius 3 is 2.53 bits per heavy atom. The maximum Gasteiger partial charge on any atom is 0.123 e. The Morgan fingerprint density at radius 2 is 1.95 bits per heavy atom. The van der Waals surface area contributed by atoms with Gasteiger partial charge in [-0.3, -0.25) is 4.90 Å². The largest absolute Gasteiger partial charge is 0.314 e. The van der Waals surface area contributed by atoms with E-state index in [1.54, 1.807) is 12.1 Å². The molecular weight excluding hydrogens is 263 g/mol. The van der Waals surface area contributed by atoms with Crippen LogP contribution < -0.4 is 5.32 Å². The molecule has 1 heterocycles. The summed E-state index contributed by atoms with van der Waals surface area (Å²) in [5.74, 6) is 0.622. The lowest BCUT2D eigenvalue weighted by Crippen LogP contribution is -2.47. The molecule has 0 radical (unpaired) electrons. The van der Waals surface area contributed by atoms with Crippen LogP contribution in [0.15, 0.2) is 24.3 Å². The van der Waals surface area contributed by atoms with Gasteiger partial charge in [0.25, 0.3) is 0 Å². The number of nitrogens with one attached hydrogen (secondary N) is 1. The molecule has 106 valence electrons. The van der Waals surface area contributed by atoms with Crippen molar-refractivity contribution in [3.8, 4) is 0 Å². The minimum absolute atomic E-state index is 0. The predicted octanol–water partition coefficient (Wildman–Crippen LogP) is 2.99. The summed E-state index contributed by atoms with van der Waals surface area (Å²) in [4.78, 5) is 2.54. The average molecular weight is 285 g/mol. The number of rotatable bonds is 3. The molecule has 0 bridgehead atoms. The summed E-state index contributed by atoms with van der Waals surface area (Å²) in [7, 11) is 0. The molecule has 0 unspecified atom stereocenters. The highest BCUT2D eigenvalue weighted by atomic mass is 35.5. The van der Waals surface area contributed by atoms with Gasteiger partial charge in [-0.05, 0) is 36.5 Å². The van der Waals surface area contributed by atoms with Crippen LogP contribution in [-0.4, -0.2) is 31.1 Å². The average Bonchev–Trinajstić information content (AvgIpc) is 2.34. The molecule has 4 heteroatoms. The highest BCUT2D eigenvalue weighted by molar-refractivity contribution is 5.85. The third-order valence-electron chi connectivity index (χ3n) is 4.33. The first-order chi connectivity index (χ1) is 8.84. The summed E-state index contributed by atoms with van der Waals surface area (Å²) in [6.07, 6.45) is 3.93. The van der Waals surface area contributed by atoms with Crippen LogP contribution in [0.5, 0.6) is 0 Å². The zero-order valence-electron chi connectivity index (χ0n) is 11.1.